The number of nitrogens with one attached hydrogen (secondary N) is 3. The van der Waals surface area contributed by atoms with Gasteiger partial charge in [0.25, 0.3) is 5.91 Å². The van der Waals surface area contributed by atoms with E-state index in [0.29, 0.717) is 33.9 Å². The highest BCUT2D eigenvalue weighted by molar-refractivity contribution is 7.80. The molecule has 1 aromatic carbocycles. The number of amides is 1. The van der Waals surface area contributed by atoms with Gasteiger partial charge in [-0.3, -0.25) is 25.1 Å². The van der Waals surface area contributed by atoms with Gasteiger partial charge in [0, 0.05) is 11.4 Å². The lowest BCUT2D eigenvalue weighted by molar-refractivity contribution is -0.122. The molecular formula is C19H25N5O2S. The fourth-order valence-electron chi connectivity index (χ4n) is 3.58. The number of carbonyl (C=O) groups is 1. The molecule has 1 fully saturated rings. The van der Waals surface area contributed by atoms with Crippen LogP contribution >= 0.6 is 12.2 Å². The zero-order chi connectivity index (χ0) is 19.4. The van der Waals surface area contributed by atoms with Crippen molar-refractivity contribution in [3.05, 3.63) is 40.7 Å². The molecule has 0 spiro atoms. The predicted octanol–water partition coefficient (Wildman–Crippen LogP) is 1.72. The number of rotatable bonds is 3. The highest BCUT2D eigenvalue weighted by Crippen LogP contribution is 2.29. The molecule has 144 valence electrons. The van der Waals surface area contributed by atoms with E-state index < -0.39 is 0 Å². The molecular weight excluding hydrogens is 362 g/mol. The van der Waals surface area contributed by atoms with E-state index in [1.807, 2.05) is 6.07 Å². The van der Waals surface area contributed by atoms with E-state index in [0.717, 1.165) is 6.42 Å². The largest absolute Gasteiger partial charge is 0.358 e. The molecule has 2 aromatic rings. The second-order valence-corrected chi connectivity index (χ2v) is 7.61. The Kier molecular flexibility index (Phi) is 6.05. The summed E-state index contributed by atoms with van der Waals surface area (Å²) in [5, 5.41) is 8.29. The summed E-state index contributed by atoms with van der Waals surface area (Å²) in [4.78, 5) is 24.1. The maximum atomic E-state index is 12.3. The maximum absolute atomic E-state index is 12.3. The number of aromatic nitrogens is 2. The van der Waals surface area contributed by atoms with Crippen molar-refractivity contribution >= 4 is 34.1 Å². The lowest BCUT2D eigenvalue weighted by Crippen LogP contribution is -2.53. The number of nitrogens with zero attached hydrogens (tertiary/aromatic N) is 2. The van der Waals surface area contributed by atoms with Crippen molar-refractivity contribution in [2.45, 2.75) is 45.7 Å². The summed E-state index contributed by atoms with van der Waals surface area (Å²) >= 11 is 5.30. The molecule has 7 nitrogen and oxygen atoms in total. The first-order valence-electron chi connectivity index (χ1n) is 9.26. The summed E-state index contributed by atoms with van der Waals surface area (Å²) in [7, 11) is 0. The first kappa shape index (κ1) is 19.3. The van der Waals surface area contributed by atoms with Gasteiger partial charge in [-0.25, -0.2) is 0 Å². The van der Waals surface area contributed by atoms with E-state index in [4.69, 9.17) is 12.2 Å². The number of para-hydroxylation sites is 1. The smallest absolute Gasteiger partial charge is 0.260 e. The molecule has 0 aliphatic heterocycles. The maximum Gasteiger partial charge on any atom is 0.260 e. The van der Waals surface area contributed by atoms with E-state index in [2.05, 4.69) is 35.1 Å². The van der Waals surface area contributed by atoms with Gasteiger partial charge in [0.05, 0.1) is 11.7 Å². The summed E-state index contributed by atoms with van der Waals surface area (Å²) in [6.07, 6.45) is 4.73. The van der Waals surface area contributed by atoms with Crippen molar-refractivity contribution in [2.24, 2.45) is 11.8 Å². The van der Waals surface area contributed by atoms with Crippen LogP contribution in [-0.2, 0) is 11.3 Å². The van der Waals surface area contributed by atoms with Crippen molar-refractivity contribution in [3.63, 3.8) is 0 Å². The van der Waals surface area contributed by atoms with Gasteiger partial charge in [-0.2, -0.15) is 5.10 Å². The molecule has 27 heavy (non-hydrogen) atoms. The van der Waals surface area contributed by atoms with E-state index in [-0.39, 0.29) is 17.9 Å². The van der Waals surface area contributed by atoms with Crippen LogP contribution in [0.4, 0.5) is 0 Å². The Labute approximate surface area is 163 Å². The van der Waals surface area contributed by atoms with Crippen LogP contribution in [0.15, 0.2) is 35.3 Å². The normalized spacial score (nSPS) is 22.2. The van der Waals surface area contributed by atoms with Crippen LogP contribution in [0.2, 0.25) is 0 Å². The van der Waals surface area contributed by atoms with Crippen LogP contribution in [-0.4, -0.2) is 26.8 Å². The SMILES string of the molecule is C[C@@H]1[C@H](C)CCC[C@H]1NC(=S)NNC(=O)Cn1ncc(=O)c2ccccc21. The molecule has 3 atom stereocenters. The fraction of sp³-hybridized carbons (Fsp3) is 0.474. The van der Waals surface area contributed by atoms with E-state index >= 15 is 0 Å². The molecule has 0 bridgehead atoms. The second kappa shape index (κ2) is 8.47. The van der Waals surface area contributed by atoms with Crippen LogP contribution in [0.5, 0.6) is 0 Å². The highest BCUT2D eigenvalue weighted by Gasteiger charge is 2.27. The number of carbonyl (C=O) groups excluding carboxylic acids is 1. The Bertz CT molecular complexity index is 897. The predicted molar refractivity (Wildman–Crippen MR) is 109 cm³/mol. The summed E-state index contributed by atoms with van der Waals surface area (Å²) in [6.45, 7) is 4.47. The minimum absolute atomic E-state index is 0.0206. The Morgan fingerprint density at radius 2 is 2.04 bits per heavy atom. The van der Waals surface area contributed by atoms with Gasteiger partial charge in [-0.1, -0.05) is 38.8 Å². The molecule has 0 unspecified atom stereocenters. The number of benzene rings is 1. The fourth-order valence-corrected chi connectivity index (χ4v) is 3.78. The minimum Gasteiger partial charge on any atom is -0.358 e. The van der Waals surface area contributed by atoms with Crippen LogP contribution in [0.3, 0.4) is 0 Å². The van der Waals surface area contributed by atoms with Crippen molar-refractivity contribution in [2.75, 3.05) is 0 Å². The van der Waals surface area contributed by atoms with E-state index in [9.17, 15) is 9.59 Å². The third kappa shape index (κ3) is 4.63. The third-order valence-corrected chi connectivity index (χ3v) is 5.61. The highest BCUT2D eigenvalue weighted by atomic mass is 32.1. The number of fused-ring (bicyclic) bond motifs is 1. The molecule has 3 N–H and O–H groups in total. The molecule has 1 aliphatic carbocycles. The molecule has 1 amide bonds. The third-order valence-electron chi connectivity index (χ3n) is 5.39. The first-order chi connectivity index (χ1) is 13.0. The molecule has 1 aromatic heterocycles. The van der Waals surface area contributed by atoms with Crippen LogP contribution < -0.4 is 21.6 Å². The molecule has 8 heteroatoms. The Morgan fingerprint density at radius 1 is 1.26 bits per heavy atom. The second-order valence-electron chi connectivity index (χ2n) is 7.20. The standard InChI is InChI=1S/C19H25N5O2S/c1-12-6-5-8-15(13(12)2)21-19(27)23-22-18(26)11-24-16-9-4-3-7-14(16)17(25)10-20-24/h3-4,7,9-10,12-13,15H,5-6,8,11H2,1-2H3,(H,22,26)(H2,21,23,27)/t12-,13-,15-/m1/s1. The summed E-state index contributed by atoms with van der Waals surface area (Å²) in [5.41, 5.74) is 5.81. The van der Waals surface area contributed by atoms with Crippen molar-refractivity contribution in [1.29, 1.82) is 0 Å². The number of thiocarbonyl (C=S) groups is 1. The van der Waals surface area contributed by atoms with Crippen LogP contribution in [0.25, 0.3) is 10.9 Å². The van der Waals surface area contributed by atoms with Crippen molar-refractivity contribution in [1.82, 2.24) is 25.9 Å². The van der Waals surface area contributed by atoms with E-state index in [1.54, 1.807) is 18.2 Å². The summed E-state index contributed by atoms with van der Waals surface area (Å²) in [5.74, 6) is 0.893. The monoisotopic (exact) mass is 387 g/mol. The first-order valence-corrected chi connectivity index (χ1v) is 9.66. The van der Waals surface area contributed by atoms with Crippen LogP contribution in [0, 0.1) is 11.8 Å². The van der Waals surface area contributed by atoms with E-state index in [1.165, 1.54) is 23.7 Å². The number of hydrazine groups is 1. The molecule has 1 saturated carbocycles. The molecule has 0 radical (unpaired) electrons. The van der Waals surface area contributed by atoms with Gasteiger partial charge in [-0.05, 0) is 42.6 Å². The van der Waals surface area contributed by atoms with Crippen molar-refractivity contribution < 1.29 is 4.79 Å². The zero-order valence-electron chi connectivity index (χ0n) is 15.6. The Hall–Kier alpha value is -2.48. The lowest BCUT2D eigenvalue weighted by atomic mass is 9.78. The van der Waals surface area contributed by atoms with Gasteiger partial charge in [0.15, 0.2) is 5.11 Å². The van der Waals surface area contributed by atoms with Crippen molar-refractivity contribution in [3.8, 4) is 0 Å². The molecule has 0 saturated heterocycles. The zero-order valence-corrected chi connectivity index (χ0v) is 16.4. The van der Waals surface area contributed by atoms with Gasteiger partial charge >= 0.3 is 0 Å². The van der Waals surface area contributed by atoms with Gasteiger partial charge < -0.3 is 5.32 Å². The van der Waals surface area contributed by atoms with Gasteiger partial charge in [-0.15, -0.1) is 0 Å². The summed E-state index contributed by atoms with van der Waals surface area (Å²) in [6, 6.07) is 7.39. The summed E-state index contributed by atoms with van der Waals surface area (Å²) < 4.78 is 1.50. The average Bonchev–Trinajstić information content (AvgIpc) is 2.66. The number of hydrogen-bond donors (Lipinski definition) is 3. The molecule has 3 rings (SSSR count). The quantitative estimate of drug-likeness (QED) is 0.549. The van der Waals surface area contributed by atoms with Gasteiger partial charge in [0.1, 0.15) is 6.54 Å². The topological polar surface area (TPSA) is 88.0 Å². The lowest BCUT2D eigenvalue weighted by Gasteiger charge is -2.35. The Morgan fingerprint density at radius 3 is 2.85 bits per heavy atom. The number of hydrogen-bond acceptors (Lipinski definition) is 4. The minimum atomic E-state index is -0.300. The molecule has 1 aliphatic rings. The average molecular weight is 388 g/mol. The van der Waals surface area contributed by atoms with Gasteiger partial charge in [0.2, 0.25) is 5.43 Å². The van der Waals surface area contributed by atoms with Crippen LogP contribution in [0.1, 0.15) is 33.1 Å². The Balaban J connectivity index is 1.55. The molecule has 1 heterocycles.